The van der Waals surface area contributed by atoms with Crippen molar-refractivity contribution in [2.24, 2.45) is 0 Å². The van der Waals surface area contributed by atoms with Crippen molar-refractivity contribution in [3.63, 3.8) is 0 Å². The molecule has 0 aromatic carbocycles. The number of carboxylic acid groups (broad SMARTS) is 1. The van der Waals surface area contributed by atoms with Gasteiger partial charge in [-0.05, 0) is 12.8 Å². The summed E-state index contributed by atoms with van der Waals surface area (Å²) in [4.78, 5) is 36.8. The van der Waals surface area contributed by atoms with Crippen molar-refractivity contribution < 1.29 is 42.9 Å². The van der Waals surface area contributed by atoms with Crippen LogP contribution in [0.5, 0.6) is 0 Å². The molecule has 0 radical (unpaired) electrons. The number of nitrogens with zero attached hydrogens (tertiary/aromatic N) is 1. The third kappa shape index (κ3) is 44.3. The summed E-state index contributed by atoms with van der Waals surface area (Å²) < 4.78 is 22.6. The highest BCUT2D eigenvalue weighted by atomic mass is 16.7. The van der Waals surface area contributed by atoms with Crippen molar-refractivity contribution in [2.45, 2.75) is 264 Å². The summed E-state index contributed by atoms with van der Waals surface area (Å²) in [6.45, 7) is 4.82. The van der Waals surface area contributed by atoms with Gasteiger partial charge in [0.1, 0.15) is 13.2 Å². The van der Waals surface area contributed by atoms with E-state index in [0.29, 0.717) is 17.4 Å². The van der Waals surface area contributed by atoms with Gasteiger partial charge in [-0.3, -0.25) is 9.59 Å². The normalized spacial score (nSPS) is 12.8. The van der Waals surface area contributed by atoms with E-state index >= 15 is 0 Å². The maximum atomic E-state index is 12.7. The minimum Gasteiger partial charge on any atom is -0.477 e. The molecule has 0 saturated heterocycles. The standard InChI is InChI=1S/C51H99NO8/c1-6-8-10-12-13-14-15-16-17-18-19-20-21-22-23-24-25-26-27-28-29-30-31-32-33-34-35-36-38-40-42-49(54)60-47(45-58-48(53)41-39-37-11-9-7-2)46-59-51(50(55)56)57-44-43-52(3,4)5/h47,51H,6-46H2,1-5H3/p+1. The predicted octanol–water partition coefficient (Wildman–Crippen LogP) is 14.1. The summed E-state index contributed by atoms with van der Waals surface area (Å²) in [6, 6.07) is 0. The first-order valence-electron chi connectivity index (χ1n) is 25.7. The van der Waals surface area contributed by atoms with Gasteiger partial charge in [-0.15, -0.1) is 0 Å². The van der Waals surface area contributed by atoms with Crippen LogP contribution in [0.25, 0.3) is 0 Å². The molecule has 2 atom stereocenters. The molecule has 0 saturated carbocycles. The largest absolute Gasteiger partial charge is 0.477 e. The summed E-state index contributed by atoms with van der Waals surface area (Å²) in [5.41, 5.74) is 0. The van der Waals surface area contributed by atoms with E-state index in [0.717, 1.165) is 51.4 Å². The van der Waals surface area contributed by atoms with Gasteiger partial charge >= 0.3 is 17.9 Å². The third-order valence-electron chi connectivity index (χ3n) is 11.6. The number of quaternary nitrogens is 1. The van der Waals surface area contributed by atoms with Gasteiger partial charge in [0.25, 0.3) is 6.29 Å². The molecule has 356 valence electrons. The maximum absolute atomic E-state index is 12.7. The van der Waals surface area contributed by atoms with Crippen molar-refractivity contribution >= 4 is 17.9 Å². The van der Waals surface area contributed by atoms with E-state index in [1.54, 1.807) is 0 Å². The molecule has 0 aliphatic rings. The van der Waals surface area contributed by atoms with Crippen LogP contribution in [0.1, 0.15) is 251 Å². The van der Waals surface area contributed by atoms with Crippen LogP contribution in [0.15, 0.2) is 0 Å². The fraction of sp³-hybridized carbons (Fsp3) is 0.941. The van der Waals surface area contributed by atoms with Crippen molar-refractivity contribution in [3.8, 4) is 0 Å². The SMILES string of the molecule is CCCCCCCCCCCCCCCCCCCCCCCCCCCCCCCCC(=O)OC(COC(=O)CCCCCCC)COC(OCC[N+](C)(C)C)C(=O)O. The van der Waals surface area contributed by atoms with Crippen LogP contribution >= 0.6 is 0 Å². The van der Waals surface area contributed by atoms with Gasteiger partial charge in [0.15, 0.2) is 6.10 Å². The Bertz CT molecular complexity index is 954. The second-order valence-electron chi connectivity index (χ2n) is 18.9. The van der Waals surface area contributed by atoms with Gasteiger partial charge in [-0.2, -0.15) is 0 Å². The molecule has 0 rings (SSSR count). The Morgan fingerprint density at radius 1 is 0.433 bits per heavy atom. The second kappa shape index (κ2) is 43.9. The van der Waals surface area contributed by atoms with Gasteiger partial charge in [0, 0.05) is 12.8 Å². The summed E-state index contributed by atoms with van der Waals surface area (Å²) in [7, 11) is 5.95. The van der Waals surface area contributed by atoms with E-state index in [1.807, 2.05) is 21.1 Å². The summed E-state index contributed by atoms with van der Waals surface area (Å²) in [5.74, 6) is -2.00. The summed E-state index contributed by atoms with van der Waals surface area (Å²) in [6.07, 6.45) is 43.9. The van der Waals surface area contributed by atoms with E-state index < -0.39 is 24.3 Å². The average Bonchev–Trinajstić information content (AvgIpc) is 3.21. The number of rotatable bonds is 48. The molecule has 9 nitrogen and oxygen atoms in total. The minimum atomic E-state index is -1.50. The molecule has 1 N–H and O–H groups in total. The molecule has 0 aromatic rings. The Morgan fingerprint density at radius 3 is 1.07 bits per heavy atom. The number of esters is 2. The lowest BCUT2D eigenvalue weighted by Crippen LogP contribution is -2.40. The predicted molar refractivity (Wildman–Crippen MR) is 249 cm³/mol. The van der Waals surface area contributed by atoms with Gasteiger partial charge in [0.05, 0.1) is 34.4 Å². The first kappa shape index (κ1) is 58.3. The lowest BCUT2D eigenvalue weighted by molar-refractivity contribution is -0.870. The van der Waals surface area contributed by atoms with E-state index in [-0.39, 0.29) is 32.2 Å². The van der Waals surface area contributed by atoms with Crippen molar-refractivity contribution in [1.82, 2.24) is 0 Å². The molecule has 0 bridgehead atoms. The maximum Gasteiger partial charge on any atom is 0.361 e. The van der Waals surface area contributed by atoms with Crippen LogP contribution in [0.3, 0.4) is 0 Å². The zero-order valence-electron chi connectivity index (χ0n) is 40.4. The zero-order chi connectivity index (χ0) is 44.2. The minimum absolute atomic E-state index is 0.176. The molecule has 9 heteroatoms. The third-order valence-corrected chi connectivity index (χ3v) is 11.6. The Labute approximate surface area is 371 Å². The number of hydrogen-bond donors (Lipinski definition) is 1. The molecule has 0 aliphatic heterocycles. The lowest BCUT2D eigenvalue weighted by Gasteiger charge is -2.25. The van der Waals surface area contributed by atoms with Gasteiger partial charge in [-0.1, -0.05) is 226 Å². The molecule has 0 fully saturated rings. The lowest BCUT2D eigenvalue weighted by atomic mass is 10.0. The molecule has 0 aromatic heterocycles. The van der Waals surface area contributed by atoms with Crippen LogP contribution in [0.4, 0.5) is 0 Å². The highest BCUT2D eigenvalue weighted by Crippen LogP contribution is 2.17. The number of hydrogen-bond acceptors (Lipinski definition) is 7. The molecular formula is C51H100NO8+. The fourth-order valence-corrected chi connectivity index (χ4v) is 7.60. The van der Waals surface area contributed by atoms with E-state index in [1.165, 1.54) is 173 Å². The number of ether oxygens (including phenoxy) is 4. The molecule has 0 aliphatic carbocycles. The topological polar surface area (TPSA) is 108 Å². The number of likely N-dealkylation sites (N-methyl/N-ethyl adjacent to an activating group) is 1. The Morgan fingerprint density at radius 2 is 0.750 bits per heavy atom. The van der Waals surface area contributed by atoms with Crippen molar-refractivity contribution in [3.05, 3.63) is 0 Å². The van der Waals surface area contributed by atoms with Crippen molar-refractivity contribution in [1.29, 1.82) is 0 Å². The van der Waals surface area contributed by atoms with Gasteiger partial charge < -0.3 is 28.5 Å². The second-order valence-corrected chi connectivity index (χ2v) is 18.9. The molecule has 60 heavy (non-hydrogen) atoms. The average molecular weight is 855 g/mol. The molecular weight excluding hydrogens is 755 g/mol. The van der Waals surface area contributed by atoms with E-state index in [4.69, 9.17) is 18.9 Å². The van der Waals surface area contributed by atoms with E-state index in [2.05, 4.69) is 13.8 Å². The van der Waals surface area contributed by atoms with Gasteiger partial charge in [0.2, 0.25) is 0 Å². The number of carbonyl (C=O) groups is 3. The smallest absolute Gasteiger partial charge is 0.361 e. The first-order valence-corrected chi connectivity index (χ1v) is 25.7. The number of carbonyl (C=O) groups excluding carboxylic acids is 2. The molecule has 0 amide bonds. The Balaban J connectivity index is 3.90. The summed E-state index contributed by atoms with van der Waals surface area (Å²) >= 11 is 0. The number of aliphatic carboxylic acids is 1. The molecule has 0 spiro atoms. The fourth-order valence-electron chi connectivity index (χ4n) is 7.60. The summed E-state index contributed by atoms with van der Waals surface area (Å²) in [5, 5.41) is 9.59. The number of unbranched alkanes of at least 4 members (excludes halogenated alkanes) is 33. The monoisotopic (exact) mass is 855 g/mol. The highest BCUT2D eigenvalue weighted by molar-refractivity contribution is 5.71. The van der Waals surface area contributed by atoms with E-state index in [9.17, 15) is 19.5 Å². The quantitative estimate of drug-likeness (QED) is 0.0279. The van der Waals surface area contributed by atoms with Gasteiger partial charge in [-0.25, -0.2) is 4.79 Å². The van der Waals surface area contributed by atoms with Crippen molar-refractivity contribution in [2.75, 3.05) is 47.5 Å². The van der Waals surface area contributed by atoms with Crippen LogP contribution in [-0.2, 0) is 33.3 Å². The van der Waals surface area contributed by atoms with Crippen LogP contribution < -0.4 is 0 Å². The molecule has 2 unspecified atom stereocenters. The zero-order valence-corrected chi connectivity index (χ0v) is 40.4. The highest BCUT2D eigenvalue weighted by Gasteiger charge is 2.25. The van der Waals surface area contributed by atoms with Crippen LogP contribution in [0, 0.1) is 0 Å². The Kier molecular flexibility index (Phi) is 42.7. The molecule has 0 heterocycles. The first-order chi connectivity index (χ1) is 29.1. The Hall–Kier alpha value is -1.71. The number of carboxylic acids is 1. The van der Waals surface area contributed by atoms with Crippen LogP contribution in [-0.4, -0.2) is 87.4 Å². The van der Waals surface area contributed by atoms with Crippen LogP contribution in [0.2, 0.25) is 0 Å².